The molecule has 0 aromatic heterocycles. The molecule has 0 spiro atoms. The van der Waals surface area contributed by atoms with E-state index >= 15 is 0 Å². The van der Waals surface area contributed by atoms with Gasteiger partial charge in [-0.25, -0.2) is 8.42 Å². The fourth-order valence-electron chi connectivity index (χ4n) is 3.58. The van der Waals surface area contributed by atoms with Crippen LogP contribution in [-0.2, 0) is 16.4 Å². The van der Waals surface area contributed by atoms with Crippen molar-refractivity contribution >= 4 is 50.5 Å². The van der Waals surface area contributed by atoms with E-state index in [4.69, 9.17) is 23.2 Å². The Kier molecular flexibility index (Phi) is 5.49. The molecule has 1 amide bonds. The number of anilines is 2. The van der Waals surface area contributed by atoms with Crippen molar-refractivity contribution < 1.29 is 13.2 Å². The monoisotopic (exact) mass is 460 g/mol. The second-order valence-corrected chi connectivity index (χ2v) is 9.64. The SMILES string of the molecule is C[C@H]1Cc2cc(S(=O)(=O)Nc3ccc(Cl)cc3Cl)ccc2N1C(=O)c1ccccc1. The third kappa shape index (κ3) is 3.90. The molecular formula is C22H18Cl2N2O3S. The van der Waals surface area contributed by atoms with Crippen LogP contribution in [0.15, 0.2) is 71.6 Å². The summed E-state index contributed by atoms with van der Waals surface area (Å²) in [5.41, 5.74) is 2.36. The normalized spacial score (nSPS) is 15.7. The molecule has 4 rings (SSSR count). The maximum atomic E-state index is 13.0. The third-order valence-corrected chi connectivity index (χ3v) is 6.90. The van der Waals surface area contributed by atoms with Gasteiger partial charge in [0.1, 0.15) is 0 Å². The van der Waals surface area contributed by atoms with Crippen molar-refractivity contribution in [3.05, 3.63) is 87.9 Å². The molecule has 8 heteroatoms. The Morgan fingerprint density at radius 3 is 2.47 bits per heavy atom. The van der Waals surface area contributed by atoms with Crippen LogP contribution in [0.2, 0.25) is 10.0 Å². The first kappa shape index (κ1) is 20.7. The molecule has 3 aromatic rings. The van der Waals surface area contributed by atoms with E-state index in [0.717, 1.165) is 11.3 Å². The lowest BCUT2D eigenvalue weighted by Crippen LogP contribution is -2.35. The molecular weight excluding hydrogens is 443 g/mol. The Balaban J connectivity index is 1.64. The van der Waals surface area contributed by atoms with E-state index in [1.807, 2.05) is 25.1 Å². The average Bonchev–Trinajstić information content (AvgIpc) is 3.05. The molecule has 0 radical (unpaired) electrons. The molecule has 0 saturated heterocycles. The number of fused-ring (bicyclic) bond motifs is 1. The highest BCUT2D eigenvalue weighted by Crippen LogP contribution is 2.36. The van der Waals surface area contributed by atoms with E-state index in [0.29, 0.717) is 17.0 Å². The van der Waals surface area contributed by atoms with E-state index in [-0.39, 0.29) is 27.6 Å². The number of rotatable bonds is 4. The molecule has 1 aliphatic heterocycles. The van der Waals surface area contributed by atoms with Crippen LogP contribution in [0, 0.1) is 0 Å². The van der Waals surface area contributed by atoms with Gasteiger partial charge in [0, 0.05) is 22.3 Å². The summed E-state index contributed by atoms with van der Waals surface area (Å²) in [6.45, 7) is 1.95. The first-order valence-electron chi connectivity index (χ1n) is 9.25. The fourth-order valence-corrected chi connectivity index (χ4v) is 5.22. The molecule has 1 atom stereocenters. The molecule has 5 nitrogen and oxygen atoms in total. The zero-order valence-corrected chi connectivity index (χ0v) is 18.3. The number of benzene rings is 3. The summed E-state index contributed by atoms with van der Waals surface area (Å²) in [6, 6.07) is 18.3. The molecule has 0 saturated carbocycles. The van der Waals surface area contributed by atoms with Crippen LogP contribution in [0.3, 0.4) is 0 Å². The minimum Gasteiger partial charge on any atom is -0.305 e. The lowest BCUT2D eigenvalue weighted by Gasteiger charge is -2.23. The number of carbonyl (C=O) groups is 1. The largest absolute Gasteiger partial charge is 0.305 e. The maximum Gasteiger partial charge on any atom is 0.261 e. The van der Waals surface area contributed by atoms with Crippen molar-refractivity contribution in [2.45, 2.75) is 24.3 Å². The van der Waals surface area contributed by atoms with Crippen LogP contribution in [0.4, 0.5) is 11.4 Å². The Hall–Kier alpha value is -2.54. The van der Waals surface area contributed by atoms with E-state index < -0.39 is 10.0 Å². The van der Waals surface area contributed by atoms with Crippen LogP contribution >= 0.6 is 23.2 Å². The molecule has 154 valence electrons. The molecule has 30 heavy (non-hydrogen) atoms. The summed E-state index contributed by atoms with van der Waals surface area (Å²) in [4.78, 5) is 14.8. The highest BCUT2D eigenvalue weighted by atomic mass is 35.5. The van der Waals surface area contributed by atoms with Crippen molar-refractivity contribution in [3.8, 4) is 0 Å². The first-order chi connectivity index (χ1) is 14.3. The van der Waals surface area contributed by atoms with Gasteiger partial charge in [-0.3, -0.25) is 9.52 Å². The van der Waals surface area contributed by atoms with Crippen molar-refractivity contribution in [1.82, 2.24) is 0 Å². The highest BCUT2D eigenvalue weighted by molar-refractivity contribution is 7.92. The van der Waals surface area contributed by atoms with Crippen molar-refractivity contribution in [2.24, 2.45) is 0 Å². The molecule has 1 N–H and O–H groups in total. The van der Waals surface area contributed by atoms with Crippen molar-refractivity contribution in [1.29, 1.82) is 0 Å². The topological polar surface area (TPSA) is 66.5 Å². The zero-order chi connectivity index (χ0) is 21.5. The van der Waals surface area contributed by atoms with Gasteiger partial charge in [0.05, 0.1) is 15.6 Å². The Morgan fingerprint density at radius 2 is 1.77 bits per heavy atom. The number of halogens is 2. The predicted octanol–water partition coefficient (Wildman–Crippen LogP) is 5.39. The number of nitrogens with one attached hydrogen (secondary N) is 1. The minimum absolute atomic E-state index is 0.0793. The lowest BCUT2D eigenvalue weighted by atomic mass is 10.1. The summed E-state index contributed by atoms with van der Waals surface area (Å²) in [5, 5.41) is 0.623. The van der Waals surface area contributed by atoms with Gasteiger partial charge in [-0.2, -0.15) is 0 Å². The molecule has 1 aliphatic rings. The van der Waals surface area contributed by atoms with Crippen molar-refractivity contribution in [2.75, 3.05) is 9.62 Å². The van der Waals surface area contributed by atoms with E-state index in [1.165, 1.54) is 18.2 Å². The summed E-state index contributed by atoms with van der Waals surface area (Å²) in [6.07, 6.45) is 0.568. The smallest absolute Gasteiger partial charge is 0.261 e. The number of carbonyl (C=O) groups excluding carboxylic acids is 1. The van der Waals surface area contributed by atoms with Gasteiger partial charge >= 0.3 is 0 Å². The van der Waals surface area contributed by atoms with Crippen LogP contribution < -0.4 is 9.62 Å². The Morgan fingerprint density at radius 1 is 1.03 bits per heavy atom. The Bertz CT molecular complexity index is 1230. The molecule has 1 heterocycles. The van der Waals surface area contributed by atoms with Crippen LogP contribution in [0.25, 0.3) is 0 Å². The van der Waals surface area contributed by atoms with Gasteiger partial charge in [-0.15, -0.1) is 0 Å². The molecule has 3 aromatic carbocycles. The lowest BCUT2D eigenvalue weighted by molar-refractivity contribution is 0.0981. The summed E-state index contributed by atoms with van der Waals surface area (Å²) in [7, 11) is -3.86. The quantitative estimate of drug-likeness (QED) is 0.567. The maximum absolute atomic E-state index is 13.0. The number of hydrogen-bond acceptors (Lipinski definition) is 3. The van der Waals surface area contributed by atoms with Gasteiger partial charge in [-0.05, 0) is 67.4 Å². The number of hydrogen-bond donors (Lipinski definition) is 1. The van der Waals surface area contributed by atoms with Gasteiger partial charge in [-0.1, -0.05) is 41.4 Å². The molecule has 0 aliphatic carbocycles. The predicted molar refractivity (Wildman–Crippen MR) is 120 cm³/mol. The van der Waals surface area contributed by atoms with E-state index in [1.54, 1.807) is 35.2 Å². The second kappa shape index (κ2) is 7.95. The number of sulfonamides is 1. The van der Waals surface area contributed by atoms with Crippen molar-refractivity contribution in [3.63, 3.8) is 0 Å². The average molecular weight is 461 g/mol. The van der Waals surface area contributed by atoms with Gasteiger partial charge in [0.2, 0.25) is 0 Å². The first-order valence-corrected chi connectivity index (χ1v) is 11.5. The van der Waals surface area contributed by atoms with Crippen LogP contribution in [0.1, 0.15) is 22.8 Å². The van der Waals surface area contributed by atoms with Crippen LogP contribution in [-0.4, -0.2) is 20.4 Å². The third-order valence-electron chi connectivity index (χ3n) is 4.99. The van der Waals surface area contributed by atoms with Gasteiger partial charge in [0.25, 0.3) is 15.9 Å². The van der Waals surface area contributed by atoms with Crippen LogP contribution in [0.5, 0.6) is 0 Å². The molecule has 0 fully saturated rings. The van der Waals surface area contributed by atoms with Gasteiger partial charge < -0.3 is 4.90 Å². The minimum atomic E-state index is -3.86. The number of amides is 1. The summed E-state index contributed by atoms with van der Waals surface area (Å²) in [5.74, 6) is -0.108. The zero-order valence-electron chi connectivity index (χ0n) is 16.0. The van der Waals surface area contributed by atoms with Gasteiger partial charge in [0.15, 0.2) is 0 Å². The number of nitrogens with zero attached hydrogens (tertiary/aromatic N) is 1. The fraction of sp³-hybridized carbons (Fsp3) is 0.136. The standard InChI is InChI=1S/C22H18Cl2N2O3S/c1-14-11-16-12-18(30(28,29)25-20-9-7-17(23)13-19(20)24)8-10-21(16)26(14)22(27)15-5-3-2-4-6-15/h2-10,12-14,25H,11H2,1H3/t14-/m0/s1. The van der Waals surface area contributed by atoms with E-state index in [9.17, 15) is 13.2 Å². The Labute approximate surface area is 185 Å². The second-order valence-electron chi connectivity index (χ2n) is 7.11. The summed E-state index contributed by atoms with van der Waals surface area (Å²) >= 11 is 12.0. The highest BCUT2D eigenvalue weighted by Gasteiger charge is 2.32. The summed E-state index contributed by atoms with van der Waals surface area (Å²) < 4.78 is 28.2. The molecule has 0 unspecified atom stereocenters. The van der Waals surface area contributed by atoms with E-state index in [2.05, 4.69) is 4.72 Å². The molecule has 0 bridgehead atoms.